The summed E-state index contributed by atoms with van der Waals surface area (Å²) in [6.07, 6.45) is 2.93. The maximum Gasteiger partial charge on any atom is 0.358 e. The number of hydrogen-bond donors (Lipinski definition) is 1. The Morgan fingerprint density at radius 1 is 1.25 bits per heavy atom. The van der Waals surface area contributed by atoms with Gasteiger partial charge in [0.1, 0.15) is 5.82 Å². The summed E-state index contributed by atoms with van der Waals surface area (Å²) < 4.78 is 4.58. The summed E-state index contributed by atoms with van der Waals surface area (Å²) in [6, 6.07) is 8.26. The number of rotatable bonds is 4. The quantitative estimate of drug-likeness (QED) is 0.866. The number of aryl methyl sites for hydroxylation is 1. The van der Waals surface area contributed by atoms with Gasteiger partial charge in [-0.05, 0) is 25.0 Å². The number of methoxy groups -OCH3 is 1. The molecule has 0 saturated carbocycles. The Kier molecular flexibility index (Phi) is 4.30. The van der Waals surface area contributed by atoms with Gasteiger partial charge in [0.15, 0.2) is 5.69 Å². The highest BCUT2D eigenvalue weighted by Gasteiger charge is 2.10. The zero-order valence-electron chi connectivity index (χ0n) is 11.8. The zero-order chi connectivity index (χ0) is 14.5. The molecule has 0 aliphatic heterocycles. The lowest BCUT2D eigenvalue weighted by Gasteiger charge is -2.16. The molecule has 0 aliphatic rings. The van der Waals surface area contributed by atoms with Crippen molar-refractivity contribution in [2.75, 3.05) is 12.4 Å². The second kappa shape index (κ2) is 6.14. The number of ether oxygens (including phenoxy) is 1. The second-order valence-electron chi connectivity index (χ2n) is 4.50. The minimum absolute atomic E-state index is 0.106. The molecule has 0 spiro atoms. The molecule has 5 heteroatoms. The lowest BCUT2D eigenvalue weighted by atomic mass is 10.0. The first kappa shape index (κ1) is 14.0. The van der Waals surface area contributed by atoms with E-state index in [0.717, 1.165) is 0 Å². The lowest BCUT2D eigenvalue weighted by molar-refractivity contribution is 0.0593. The highest BCUT2D eigenvalue weighted by atomic mass is 16.5. The van der Waals surface area contributed by atoms with Crippen molar-refractivity contribution in [3.05, 3.63) is 53.5 Å². The van der Waals surface area contributed by atoms with Crippen LogP contribution in [0.5, 0.6) is 0 Å². The fraction of sp³-hybridized carbons (Fsp3) is 0.267. The van der Waals surface area contributed by atoms with Crippen LogP contribution in [0.15, 0.2) is 36.7 Å². The van der Waals surface area contributed by atoms with E-state index in [2.05, 4.69) is 46.0 Å². The Morgan fingerprint density at radius 2 is 2.00 bits per heavy atom. The summed E-state index contributed by atoms with van der Waals surface area (Å²) in [7, 11) is 1.32. The molecule has 1 unspecified atom stereocenters. The highest BCUT2D eigenvalue weighted by Crippen LogP contribution is 2.20. The molecule has 1 aromatic heterocycles. The average Bonchev–Trinajstić information content (AvgIpc) is 2.47. The largest absolute Gasteiger partial charge is 0.464 e. The number of esters is 1. The van der Waals surface area contributed by atoms with Crippen LogP contribution in [0, 0.1) is 6.92 Å². The average molecular weight is 271 g/mol. The SMILES string of the molecule is COC(=O)c1cnc(NC(C)c2ccccc2C)cn1. The van der Waals surface area contributed by atoms with Gasteiger partial charge in [-0.3, -0.25) is 0 Å². The third-order valence-corrected chi connectivity index (χ3v) is 3.07. The molecule has 1 heterocycles. The molecule has 20 heavy (non-hydrogen) atoms. The number of hydrogen-bond acceptors (Lipinski definition) is 5. The standard InChI is InChI=1S/C15H17N3O2/c1-10-6-4-5-7-12(10)11(2)18-14-9-16-13(8-17-14)15(19)20-3/h4-9,11H,1-3H3,(H,17,18). The molecule has 5 nitrogen and oxygen atoms in total. The van der Waals surface area contributed by atoms with Gasteiger partial charge >= 0.3 is 5.97 Å². The fourth-order valence-electron chi connectivity index (χ4n) is 1.98. The number of nitrogens with zero attached hydrogens (tertiary/aromatic N) is 2. The topological polar surface area (TPSA) is 64.1 Å². The van der Waals surface area contributed by atoms with Crippen molar-refractivity contribution in [3.8, 4) is 0 Å². The predicted octanol–water partition coefficient (Wildman–Crippen LogP) is 2.74. The maximum absolute atomic E-state index is 11.3. The number of carbonyl (C=O) groups is 1. The Balaban J connectivity index is 2.10. The van der Waals surface area contributed by atoms with Gasteiger partial charge in [0, 0.05) is 0 Å². The minimum atomic E-state index is -0.490. The Hall–Kier alpha value is -2.43. The Bertz CT molecular complexity index is 596. The molecule has 0 saturated heterocycles. The van der Waals surface area contributed by atoms with Crippen LogP contribution in [0.3, 0.4) is 0 Å². The third-order valence-electron chi connectivity index (χ3n) is 3.07. The van der Waals surface area contributed by atoms with Gasteiger partial charge < -0.3 is 10.1 Å². The molecule has 1 aromatic carbocycles. The van der Waals surface area contributed by atoms with Gasteiger partial charge in [-0.15, -0.1) is 0 Å². The first-order valence-electron chi connectivity index (χ1n) is 6.34. The van der Waals surface area contributed by atoms with Crippen LogP contribution in [0.25, 0.3) is 0 Å². The predicted molar refractivity (Wildman–Crippen MR) is 76.6 cm³/mol. The van der Waals surface area contributed by atoms with Crippen LogP contribution in [0.4, 0.5) is 5.82 Å². The summed E-state index contributed by atoms with van der Waals surface area (Å²) >= 11 is 0. The summed E-state index contributed by atoms with van der Waals surface area (Å²) in [5, 5.41) is 3.26. The summed E-state index contributed by atoms with van der Waals surface area (Å²) in [6.45, 7) is 4.12. The molecular weight excluding hydrogens is 254 g/mol. The van der Waals surface area contributed by atoms with E-state index in [1.807, 2.05) is 12.1 Å². The number of anilines is 1. The zero-order valence-corrected chi connectivity index (χ0v) is 11.8. The summed E-state index contributed by atoms with van der Waals surface area (Å²) in [5.41, 5.74) is 2.61. The molecule has 0 aliphatic carbocycles. The maximum atomic E-state index is 11.3. The van der Waals surface area contributed by atoms with Crippen molar-refractivity contribution >= 4 is 11.8 Å². The van der Waals surface area contributed by atoms with Gasteiger partial charge in [-0.25, -0.2) is 14.8 Å². The van der Waals surface area contributed by atoms with Crippen molar-refractivity contribution < 1.29 is 9.53 Å². The minimum Gasteiger partial charge on any atom is -0.464 e. The van der Waals surface area contributed by atoms with Gasteiger partial charge in [-0.1, -0.05) is 24.3 Å². The van der Waals surface area contributed by atoms with Crippen LogP contribution >= 0.6 is 0 Å². The van der Waals surface area contributed by atoms with Crippen LogP contribution in [0.1, 0.15) is 34.6 Å². The first-order valence-corrected chi connectivity index (χ1v) is 6.34. The van der Waals surface area contributed by atoms with Gasteiger partial charge in [0.25, 0.3) is 0 Å². The highest BCUT2D eigenvalue weighted by molar-refractivity contribution is 5.86. The van der Waals surface area contributed by atoms with Crippen LogP contribution in [-0.2, 0) is 4.74 Å². The van der Waals surface area contributed by atoms with E-state index in [0.29, 0.717) is 5.82 Å². The molecule has 0 fully saturated rings. The van der Waals surface area contributed by atoms with E-state index in [1.54, 1.807) is 0 Å². The van der Waals surface area contributed by atoms with E-state index in [-0.39, 0.29) is 11.7 Å². The lowest BCUT2D eigenvalue weighted by Crippen LogP contribution is -2.11. The van der Waals surface area contributed by atoms with Crippen molar-refractivity contribution in [1.82, 2.24) is 9.97 Å². The number of nitrogens with one attached hydrogen (secondary N) is 1. The molecule has 1 N–H and O–H groups in total. The molecule has 0 radical (unpaired) electrons. The third kappa shape index (κ3) is 3.12. The summed E-state index contributed by atoms with van der Waals surface area (Å²) in [5.74, 6) is 0.129. The smallest absolute Gasteiger partial charge is 0.358 e. The molecule has 2 rings (SSSR count). The van der Waals surface area contributed by atoms with Crippen molar-refractivity contribution in [2.45, 2.75) is 19.9 Å². The van der Waals surface area contributed by atoms with Crippen molar-refractivity contribution in [3.63, 3.8) is 0 Å². The molecule has 0 bridgehead atoms. The Labute approximate surface area is 118 Å². The number of aromatic nitrogens is 2. The fourth-order valence-corrected chi connectivity index (χ4v) is 1.98. The van der Waals surface area contributed by atoms with E-state index in [4.69, 9.17) is 0 Å². The molecule has 104 valence electrons. The van der Waals surface area contributed by atoms with Crippen LogP contribution in [-0.4, -0.2) is 23.0 Å². The van der Waals surface area contributed by atoms with Crippen molar-refractivity contribution in [1.29, 1.82) is 0 Å². The molecular formula is C15H17N3O2. The molecule has 1 atom stereocenters. The normalized spacial score (nSPS) is 11.8. The monoisotopic (exact) mass is 271 g/mol. The second-order valence-corrected chi connectivity index (χ2v) is 4.50. The summed E-state index contributed by atoms with van der Waals surface area (Å²) in [4.78, 5) is 19.5. The number of carbonyl (C=O) groups excluding carboxylic acids is 1. The van der Waals surface area contributed by atoms with E-state index >= 15 is 0 Å². The van der Waals surface area contributed by atoms with Gasteiger partial charge in [0.05, 0.1) is 25.5 Å². The van der Waals surface area contributed by atoms with Gasteiger partial charge in [0.2, 0.25) is 0 Å². The van der Waals surface area contributed by atoms with Crippen molar-refractivity contribution in [2.24, 2.45) is 0 Å². The van der Waals surface area contributed by atoms with Crippen LogP contribution in [0.2, 0.25) is 0 Å². The first-order chi connectivity index (χ1) is 9.61. The molecule has 0 amide bonds. The molecule has 2 aromatic rings. The van der Waals surface area contributed by atoms with Gasteiger partial charge in [-0.2, -0.15) is 0 Å². The Morgan fingerprint density at radius 3 is 2.60 bits per heavy atom. The van der Waals surface area contributed by atoms with E-state index < -0.39 is 5.97 Å². The van der Waals surface area contributed by atoms with E-state index in [1.165, 1.54) is 30.6 Å². The number of benzene rings is 1. The van der Waals surface area contributed by atoms with Crippen LogP contribution < -0.4 is 5.32 Å². The van der Waals surface area contributed by atoms with E-state index in [9.17, 15) is 4.79 Å².